The van der Waals surface area contributed by atoms with Crippen molar-refractivity contribution >= 4 is 23.2 Å². The molecule has 0 aliphatic carbocycles. The van der Waals surface area contributed by atoms with Gasteiger partial charge in [0.05, 0.1) is 7.11 Å². The first-order chi connectivity index (χ1) is 9.89. The van der Waals surface area contributed by atoms with Crippen LogP contribution in [-0.4, -0.2) is 12.6 Å². The minimum atomic E-state index is -0.400. The van der Waals surface area contributed by atoms with E-state index in [4.69, 9.17) is 33.7 Å². The molecule has 0 radical (unpaired) electrons. The number of halogens is 2. The number of nitrogens with two attached hydrogens (primary N) is 1. The smallest absolute Gasteiger partial charge is 0.118 e. The average molecular weight is 324 g/mol. The molecule has 2 aromatic rings. The van der Waals surface area contributed by atoms with Crippen LogP contribution in [0.2, 0.25) is 10.0 Å². The van der Waals surface area contributed by atoms with Gasteiger partial charge in [0.25, 0.3) is 0 Å². The number of methoxy groups -OCH3 is 1. The van der Waals surface area contributed by atoms with E-state index in [1.807, 2.05) is 43.3 Å². The maximum Gasteiger partial charge on any atom is 0.118 e. The molecule has 4 heteroatoms. The lowest BCUT2D eigenvalue weighted by molar-refractivity contribution is 0.414. The monoisotopic (exact) mass is 323 g/mol. The molecule has 2 N–H and O–H groups in total. The van der Waals surface area contributed by atoms with Gasteiger partial charge < -0.3 is 10.5 Å². The van der Waals surface area contributed by atoms with Crippen LogP contribution in [-0.2, 0) is 12.8 Å². The Kier molecular flexibility index (Phi) is 5.15. The molecule has 0 spiro atoms. The zero-order valence-corrected chi connectivity index (χ0v) is 13.7. The van der Waals surface area contributed by atoms with Crippen molar-refractivity contribution in [3.05, 3.63) is 63.6 Å². The summed E-state index contributed by atoms with van der Waals surface area (Å²) in [6.07, 6.45) is 1.41. The van der Waals surface area contributed by atoms with Gasteiger partial charge in [0, 0.05) is 15.6 Å². The number of benzene rings is 2. The maximum atomic E-state index is 6.44. The van der Waals surface area contributed by atoms with Gasteiger partial charge in [-0.2, -0.15) is 0 Å². The van der Waals surface area contributed by atoms with Gasteiger partial charge in [0.1, 0.15) is 5.75 Å². The van der Waals surface area contributed by atoms with Crippen LogP contribution in [0.15, 0.2) is 42.5 Å². The van der Waals surface area contributed by atoms with Crippen molar-refractivity contribution in [1.29, 1.82) is 0 Å². The summed E-state index contributed by atoms with van der Waals surface area (Å²) in [6, 6.07) is 13.4. The van der Waals surface area contributed by atoms with Gasteiger partial charge in [-0.25, -0.2) is 0 Å². The maximum absolute atomic E-state index is 6.44. The molecule has 0 saturated heterocycles. The summed E-state index contributed by atoms with van der Waals surface area (Å²) >= 11 is 12.2. The van der Waals surface area contributed by atoms with Crippen molar-refractivity contribution in [3.8, 4) is 5.75 Å². The molecule has 1 unspecified atom stereocenters. The molecule has 2 nitrogen and oxygen atoms in total. The van der Waals surface area contributed by atoms with Gasteiger partial charge in [-0.15, -0.1) is 0 Å². The third-order valence-corrected chi connectivity index (χ3v) is 3.97. The molecule has 0 fully saturated rings. The van der Waals surface area contributed by atoms with Crippen molar-refractivity contribution in [2.24, 2.45) is 5.73 Å². The van der Waals surface area contributed by atoms with Crippen LogP contribution >= 0.6 is 23.2 Å². The summed E-state index contributed by atoms with van der Waals surface area (Å²) in [4.78, 5) is 0. The van der Waals surface area contributed by atoms with Gasteiger partial charge in [-0.1, -0.05) is 35.3 Å². The molecule has 0 bridgehead atoms. The van der Waals surface area contributed by atoms with Crippen molar-refractivity contribution in [2.45, 2.75) is 25.3 Å². The first-order valence-electron chi connectivity index (χ1n) is 6.75. The predicted molar refractivity (Wildman–Crippen MR) is 89.5 cm³/mol. The van der Waals surface area contributed by atoms with Gasteiger partial charge >= 0.3 is 0 Å². The van der Waals surface area contributed by atoms with Gasteiger partial charge in [0.2, 0.25) is 0 Å². The Morgan fingerprint density at radius 3 is 2.33 bits per heavy atom. The van der Waals surface area contributed by atoms with Gasteiger partial charge in [0.15, 0.2) is 0 Å². The SMILES string of the molecule is COc1ccc(CC(C)(N)Cc2cc(Cl)ccc2Cl)cc1. The van der Waals surface area contributed by atoms with Crippen LogP contribution in [0.5, 0.6) is 5.75 Å². The lowest BCUT2D eigenvalue weighted by Gasteiger charge is -2.25. The number of hydrogen-bond acceptors (Lipinski definition) is 2. The second-order valence-electron chi connectivity index (χ2n) is 5.59. The highest BCUT2D eigenvalue weighted by atomic mass is 35.5. The lowest BCUT2D eigenvalue weighted by atomic mass is 9.87. The Hall–Kier alpha value is -1.22. The summed E-state index contributed by atoms with van der Waals surface area (Å²) in [7, 11) is 1.66. The van der Waals surface area contributed by atoms with Crippen molar-refractivity contribution in [3.63, 3.8) is 0 Å². The summed E-state index contributed by atoms with van der Waals surface area (Å²) in [5, 5.41) is 1.38. The van der Waals surface area contributed by atoms with E-state index >= 15 is 0 Å². The summed E-state index contributed by atoms with van der Waals surface area (Å²) in [5.41, 5.74) is 8.18. The number of hydrogen-bond donors (Lipinski definition) is 1. The van der Waals surface area contributed by atoms with Gasteiger partial charge in [-0.05, 0) is 61.2 Å². The quantitative estimate of drug-likeness (QED) is 0.878. The van der Waals surface area contributed by atoms with E-state index in [9.17, 15) is 0 Å². The molecule has 1 atom stereocenters. The molecule has 0 heterocycles. The molecule has 0 aliphatic heterocycles. The van der Waals surface area contributed by atoms with Crippen LogP contribution in [0.1, 0.15) is 18.1 Å². The average Bonchev–Trinajstić information content (AvgIpc) is 2.43. The Morgan fingerprint density at radius 2 is 1.71 bits per heavy atom. The third-order valence-electron chi connectivity index (χ3n) is 3.37. The van der Waals surface area contributed by atoms with E-state index in [0.717, 1.165) is 17.7 Å². The Balaban J connectivity index is 2.11. The second kappa shape index (κ2) is 6.69. The van der Waals surface area contributed by atoms with E-state index in [-0.39, 0.29) is 0 Å². The normalized spacial score (nSPS) is 13.8. The van der Waals surface area contributed by atoms with Crippen molar-refractivity contribution in [1.82, 2.24) is 0 Å². The number of rotatable bonds is 5. The highest BCUT2D eigenvalue weighted by Crippen LogP contribution is 2.26. The fourth-order valence-electron chi connectivity index (χ4n) is 2.39. The van der Waals surface area contributed by atoms with E-state index in [2.05, 4.69) is 0 Å². The minimum Gasteiger partial charge on any atom is -0.497 e. The van der Waals surface area contributed by atoms with Crippen molar-refractivity contribution < 1.29 is 4.74 Å². The fourth-order valence-corrected chi connectivity index (χ4v) is 2.77. The molecule has 21 heavy (non-hydrogen) atoms. The van der Waals surface area contributed by atoms with E-state index < -0.39 is 5.54 Å². The molecule has 0 aromatic heterocycles. The van der Waals surface area contributed by atoms with Crippen LogP contribution < -0.4 is 10.5 Å². The van der Waals surface area contributed by atoms with Crippen LogP contribution in [0, 0.1) is 0 Å². The Bertz CT molecular complexity index is 609. The molecule has 112 valence electrons. The van der Waals surface area contributed by atoms with E-state index in [0.29, 0.717) is 16.5 Å². The zero-order valence-electron chi connectivity index (χ0n) is 12.2. The minimum absolute atomic E-state index is 0.400. The Morgan fingerprint density at radius 1 is 1.05 bits per heavy atom. The van der Waals surface area contributed by atoms with E-state index in [1.54, 1.807) is 13.2 Å². The predicted octanol–water partition coefficient (Wildman–Crippen LogP) is 4.50. The molecule has 0 aliphatic rings. The highest BCUT2D eigenvalue weighted by Gasteiger charge is 2.21. The standard InChI is InChI=1S/C17H19Cl2NO/c1-17(20,10-12-3-6-15(21-2)7-4-12)11-13-9-14(18)5-8-16(13)19/h3-9H,10-11,20H2,1-2H3. The van der Waals surface area contributed by atoms with Crippen LogP contribution in [0.4, 0.5) is 0 Å². The fraction of sp³-hybridized carbons (Fsp3) is 0.294. The topological polar surface area (TPSA) is 35.2 Å². The molecule has 2 aromatic carbocycles. The molecule has 0 saturated carbocycles. The second-order valence-corrected chi connectivity index (χ2v) is 6.44. The molecule has 0 amide bonds. The Labute approximate surface area is 135 Å². The summed E-state index contributed by atoms with van der Waals surface area (Å²) < 4.78 is 5.16. The van der Waals surface area contributed by atoms with Gasteiger partial charge in [-0.3, -0.25) is 0 Å². The van der Waals surface area contributed by atoms with Crippen molar-refractivity contribution in [2.75, 3.05) is 7.11 Å². The third kappa shape index (κ3) is 4.63. The zero-order chi connectivity index (χ0) is 15.5. The van der Waals surface area contributed by atoms with Crippen LogP contribution in [0.3, 0.4) is 0 Å². The first-order valence-corrected chi connectivity index (χ1v) is 7.51. The summed E-state index contributed by atoms with van der Waals surface area (Å²) in [6.45, 7) is 2.02. The van der Waals surface area contributed by atoms with Crippen LogP contribution in [0.25, 0.3) is 0 Å². The highest BCUT2D eigenvalue weighted by molar-refractivity contribution is 6.33. The summed E-state index contributed by atoms with van der Waals surface area (Å²) in [5.74, 6) is 0.843. The van der Waals surface area contributed by atoms with E-state index in [1.165, 1.54) is 5.56 Å². The molecule has 2 rings (SSSR count). The molecular weight excluding hydrogens is 305 g/mol. The lowest BCUT2D eigenvalue weighted by Crippen LogP contribution is -2.41. The number of ether oxygens (including phenoxy) is 1. The molecular formula is C17H19Cl2NO. The first kappa shape index (κ1) is 16.2. The largest absolute Gasteiger partial charge is 0.497 e.